The first-order valence-corrected chi connectivity index (χ1v) is 9.87. The fourth-order valence-corrected chi connectivity index (χ4v) is 2.94. The van der Waals surface area contributed by atoms with E-state index in [0.29, 0.717) is 5.69 Å². The number of ether oxygens (including phenoxy) is 1. The van der Waals surface area contributed by atoms with E-state index in [-0.39, 0.29) is 18.1 Å². The number of hydrogen-bond donors (Lipinski definition) is 2. The Morgan fingerprint density at radius 1 is 1.06 bits per heavy atom. The van der Waals surface area contributed by atoms with Gasteiger partial charge in [0.05, 0.1) is 12.2 Å². The van der Waals surface area contributed by atoms with Crippen molar-refractivity contribution in [2.24, 2.45) is 0 Å². The van der Waals surface area contributed by atoms with Crippen molar-refractivity contribution in [2.75, 3.05) is 25.5 Å². The lowest BCUT2D eigenvalue weighted by Gasteiger charge is -2.17. The minimum Gasteiger partial charge on any atom is -0.451 e. The van der Waals surface area contributed by atoms with Gasteiger partial charge < -0.3 is 15.0 Å². The summed E-state index contributed by atoms with van der Waals surface area (Å²) in [6.45, 7) is 1.36. The Morgan fingerprint density at radius 2 is 1.77 bits per heavy atom. The van der Waals surface area contributed by atoms with Gasteiger partial charge in [-0.15, -0.1) is 0 Å². The molecular formula is C23H24N4O4. The van der Waals surface area contributed by atoms with E-state index in [0.717, 1.165) is 23.2 Å². The van der Waals surface area contributed by atoms with E-state index < -0.39 is 18.5 Å². The Bertz CT molecular complexity index is 1060. The molecule has 2 aromatic carbocycles. The number of esters is 1. The number of rotatable bonds is 8. The zero-order valence-corrected chi connectivity index (χ0v) is 17.4. The lowest BCUT2D eigenvalue weighted by atomic mass is 10.1. The normalized spacial score (nSPS) is 10.4. The molecule has 0 saturated heterocycles. The van der Waals surface area contributed by atoms with Crippen LogP contribution in [0, 0.1) is 0 Å². The van der Waals surface area contributed by atoms with E-state index in [1.807, 2.05) is 61.5 Å². The molecule has 8 heteroatoms. The molecule has 0 saturated carbocycles. The molecule has 3 rings (SSSR count). The first-order chi connectivity index (χ1) is 15.0. The van der Waals surface area contributed by atoms with Crippen molar-refractivity contribution in [2.45, 2.75) is 13.3 Å². The Balaban J connectivity index is 1.49. The topological polar surface area (TPSA) is 104 Å². The molecule has 0 radical (unpaired) electrons. The number of amides is 2. The molecule has 0 aliphatic heterocycles. The minimum absolute atomic E-state index is 0.142. The van der Waals surface area contributed by atoms with E-state index >= 15 is 0 Å². The second-order valence-corrected chi connectivity index (χ2v) is 6.92. The summed E-state index contributed by atoms with van der Waals surface area (Å²) in [6, 6.07) is 18.4. The first kappa shape index (κ1) is 21.8. The molecule has 1 aromatic heterocycles. The molecule has 0 bridgehead atoms. The van der Waals surface area contributed by atoms with E-state index in [2.05, 4.69) is 15.5 Å². The highest BCUT2D eigenvalue weighted by Crippen LogP contribution is 2.17. The predicted molar refractivity (Wildman–Crippen MR) is 116 cm³/mol. The number of aryl methyl sites for hydroxylation is 1. The lowest BCUT2D eigenvalue weighted by molar-refractivity contribution is -0.136. The molecule has 0 aliphatic carbocycles. The van der Waals surface area contributed by atoms with Crippen molar-refractivity contribution in [3.63, 3.8) is 0 Å². The van der Waals surface area contributed by atoms with Crippen molar-refractivity contribution < 1.29 is 19.1 Å². The zero-order chi connectivity index (χ0) is 22.2. The van der Waals surface area contributed by atoms with Gasteiger partial charge >= 0.3 is 5.97 Å². The average molecular weight is 420 g/mol. The van der Waals surface area contributed by atoms with Crippen LogP contribution in [0.5, 0.6) is 0 Å². The molecule has 0 fully saturated rings. The molecule has 2 amide bonds. The largest absolute Gasteiger partial charge is 0.451 e. The SMILES string of the molecule is CCc1ccccc1NC(=O)CN(C)C(=O)COC(=O)c1cc(-c2ccccc2)n[nH]1. The number of carbonyl (C=O) groups is 3. The van der Waals surface area contributed by atoms with E-state index in [1.165, 1.54) is 11.9 Å². The predicted octanol–water partition coefficient (Wildman–Crippen LogP) is 2.89. The number of H-pyrrole nitrogens is 1. The third kappa shape index (κ3) is 5.79. The second-order valence-electron chi connectivity index (χ2n) is 6.92. The smallest absolute Gasteiger partial charge is 0.356 e. The Hall–Kier alpha value is -3.94. The Labute approximate surface area is 180 Å². The molecule has 160 valence electrons. The maximum absolute atomic E-state index is 12.3. The van der Waals surface area contributed by atoms with E-state index in [4.69, 9.17) is 4.74 Å². The number of likely N-dealkylation sites (N-methyl/N-ethyl adjacent to an activating group) is 1. The van der Waals surface area contributed by atoms with Gasteiger partial charge in [-0.25, -0.2) is 4.79 Å². The van der Waals surface area contributed by atoms with Crippen LogP contribution in [0.3, 0.4) is 0 Å². The lowest BCUT2D eigenvalue weighted by Crippen LogP contribution is -2.37. The highest BCUT2D eigenvalue weighted by molar-refractivity contribution is 5.96. The molecule has 2 N–H and O–H groups in total. The van der Waals surface area contributed by atoms with Gasteiger partial charge in [0.1, 0.15) is 5.69 Å². The van der Waals surface area contributed by atoms with Crippen molar-refractivity contribution in [3.8, 4) is 11.3 Å². The number of benzene rings is 2. The van der Waals surface area contributed by atoms with Crippen molar-refractivity contribution in [3.05, 3.63) is 71.9 Å². The van der Waals surface area contributed by atoms with Crippen molar-refractivity contribution in [1.82, 2.24) is 15.1 Å². The number of carbonyl (C=O) groups excluding carboxylic acids is 3. The molecule has 0 spiro atoms. The maximum Gasteiger partial charge on any atom is 0.356 e. The van der Waals surface area contributed by atoms with Gasteiger partial charge in [-0.1, -0.05) is 55.5 Å². The molecule has 31 heavy (non-hydrogen) atoms. The van der Waals surface area contributed by atoms with Gasteiger partial charge in [-0.05, 0) is 24.1 Å². The highest BCUT2D eigenvalue weighted by Gasteiger charge is 2.18. The fourth-order valence-electron chi connectivity index (χ4n) is 2.94. The van der Waals surface area contributed by atoms with Crippen molar-refractivity contribution in [1.29, 1.82) is 0 Å². The third-order valence-electron chi connectivity index (χ3n) is 4.67. The van der Waals surface area contributed by atoms with Crippen LogP contribution >= 0.6 is 0 Å². The molecule has 0 atom stereocenters. The number of para-hydroxylation sites is 1. The van der Waals surface area contributed by atoms with Crippen LogP contribution in [0.15, 0.2) is 60.7 Å². The monoisotopic (exact) mass is 420 g/mol. The standard InChI is InChI=1S/C23H24N4O4/c1-3-16-9-7-8-12-18(16)24-21(28)14-27(2)22(29)15-31-23(30)20-13-19(25-26-20)17-10-5-4-6-11-17/h4-13H,3,14-15H2,1-2H3,(H,24,28)(H,25,26). The van der Waals surface area contributed by atoms with Gasteiger partial charge in [0.2, 0.25) is 5.91 Å². The summed E-state index contributed by atoms with van der Waals surface area (Å²) in [6.07, 6.45) is 0.779. The molecule has 1 heterocycles. The van der Waals surface area contributed by atoms with E-state index in [9.17, 15) is 14.4 Å². The average Bonchev–Trinajstić information content (AvgIpc) is 3.28. The summed E-state index contributed by atoms with van der Waals surface area (Å²) < 4.78 is 5.06. The zero-order valence-electron chi connectivity index (χ0n) is 17.4. The summed E-state index contributed by atoms with van der Waals surface area (Å²) in [5.41, 5.74) is 3.32. The summed E-state index contributed by atoms with van der Waals surface area (Å²) in [4.78, 5) is 37.9. The Kier molecular flexibility index (Phi) is 7.16. The number of nitrogens with zero attached hydrogens (tertiary/aromatic N) is 2. The second kappa shape index (κ2) is 10.2. The van der Waals surface area contributed by atoms with Crippen LogP contribution in [-0.2, 0) is 20.7 Å². The number of aromatic amines is 1. The number of hydrogen-bond acceptors (Lipinski definition) is 5. The van der Waals surface area contributed by atoms with Crippen LogP contribution in [0.1, 0.15) is 23.0 Å². The molecular weight excluding hydrogens is 396 g/mol. The van der Waals surface area contributed by atoms with Crippen LogP contribution in [0.4, 0.5) is 5.69 Å². The molecule has 8 nitrogen and oxygen atoms in total. The third-order valence-corrected chi connectivity index (χ3v) is 4.67. The fraction of sp³-hybridized carbons (Fsp3) is 0.217. The quantitative estimate of drug-likeness (QED) is 0.545. The van der Waals surface area contributed by atoms with Gasteiger partial charge in [-0.3, -0.25) is 14.7 Å². The van der Waals surface area contributed by atoms with Gasteiger partial charge in [0.15, 0.2) is 6.61 Å². The summed E-state index contributed by atoms with van der Waals surface area (Å²) >= 11 is 0. The van der Waals surface area contributed by atoms with Crippen LogP contribution in [0.2, 0.25) is 0 Å². The van der Waals surface area contributed by atoms with Gasteiger partial charge in [0, 0.05) is 18.3 Å². The highest BCUT2D eigenvalue weighted by atomic mass is 16.5. The number of nitrogens with one attached hydrogen (secondary N) is 2. The van der Waals surface area contributed by atoms with Crippen LogP contribution < -0.4 is 5.32 Å². The maximum atomic E-state index is 12.3. The first-order valence-electron chi connectivity index (χ1n) is 9.87. The van der Waals surface area contributed by atoms with Gasteiger partial charge in [0.25, 0.3) is 5.91 Å². The van der Waals surface area contributed by atoms with Gasteiger partial charge in [-0.2, -0.15) is 5.10 Å². The number of anilines is 1. The summed E-state index contributed by atoms with van der Waals surface area (Å²) in [5.74, 6) is -1.52. The van der Waals surface area contributed by atoms with Crippen molar-refractivity contribution >= 4 is 23.5 Å². The minimum atomic E-state index is -0.697. The number of aromatic nitrogens is 2. The molecule has 3 aromatic rings. The Morgan fingerprint density at radius 3 is 2.52 bits per heavy atom. The molecule has 0 aliphatic rings. The van der Waals surface area contributed by atoms with Crippen LogP contribution in [-0.4, -0.2) is 53.1 Å². The summed E-state index contributed by atoms with van der Waals surface area (Å²) in [7, 11) is 1.48. The van der Waals surface area contributed by atoms with Crippen LogP contribution in [0.25, 0.3) is 11.3 Å². The molecule has 0 unspecified atom stereocenters. The van der Waals surface area contributed by atoms with E-state index in [1.54, 1.807) is 6.07 Å². The summed E-state index contributed by atoms with van der Waals surface area (Å²) in [5, 5.41) is 9.51.